The first kappa shape index (κ1) is 15.0. The monoisotopic (exact) mass is 330 g/mol. The number of nitrogens with zero attached hydrogens (tertiary/aromatic N) is 2. The number of hydrogen-bond donors (Lipinski definition) is 1. The number of aromatic nitrogens is 2. The van der Waals surface area contributed by atoms with Gasteiger partial charge in [0.05, 0.1) is 0 Å². The van der Waals surface area contributed by atoms with E-state index in [1.165, 1.54) is 6.20 Å². The lowest BCUT2D eigenvalue weighted by Gasteiger charge is -2.30. The first-order valence-corrected chi connectivity index (χ1v) is 7.40. The van der Waals surface area contributed by atoms with Crippen LogP contribution in [0.3, 0.4) is 0 Å². The molecule has 2 aromatic carbocycles. The summed E-state index contributed by atoms with van der Waals surface area (Å²) in [4.78, 5) is 7.92. The van der Waals surface area contributed by atoms with Crippen molar-refractivity contribution in [3.05, 3.63) is 94.0 Å². The van der Waals surface area contributed by atoms with Crippen LogP contribution in [-0.2, 0) is 5.60 Å². The van der Waals surface area contributed by atoms with Gasteiger partial charge in [-0.15, -0.1) is 0 Å². The first-order chi connectivity index (χ1) is 10.6. The Morgan fingerprint density at radius 3 is 1.77 bits per heavy atom. The van der Waals surface area contributed by atoms with E-state index in [4.69, 9.17) is 23.2 Å². The Morgan fingerprint density at radius 1 is 0.818 bits per heavy atom. The predicted octanol–water partition coefficient (Wildman–Crippen LogP) is 4.07. The predicted molar refractivity (Wildman–Crippen MR) is 87.0 cm³/mol. The fraction of sp³-hybridized carbons (Fsp3) is 0.0588. The van der Waals surface area contributed by atoms with Crippen molar-refractivity contribution in [3.8, 4) is 0 Å². The lowest BCUT2D eigenvalue weighted by atomic mass is 9.81. The maximum atomic E-state index is 11.5. The average molecular weight is 331 g/mol. The maximum Gasteiger partial charge on any atom is 0.223 e. The van der Waals surface area contributed by atoms with Gasteiger partial charge in [-0.05, 0) is 22.7 Å². The summed E-state index contributed by atoms with van der Waals surface area (Å²) in [6.07, 6.45) is 1.46. The van der Waals surface area contributed by atoms with Crippen molar-refractivity contribution in [2.75, 3.05) is 0 Å². The average Bonchev–Trinajstić information content (AvgIpc) is 2.56. The third kappa shape index (κ3) is 2.59. The third-order valence-corrected chi connectivity index (χ3v) is 3.96. The molecule has 0 bridgehead atoms. The summed E-state index contributed by atoms with van der Waals surface area (Å²) in [7, 11) is 0. The molecular weight excluding hydrogens is 319 g/mol. The molecule has 0 aliphatic rings. The molecule has 0 amide bonds. The van der Waals surface area contributed by atoms with Gasteiger partial charge < -0.3 is 5.11 Å². The van der Waals surface area contributed by atoms with Crippen molar-refractivity contribution < 1.29 is 5.11 Å². The minimum absolute atomic E-state index is 0.0391. The molecule has 5 heteroatoms. The van der Waals surface area contributed by atoms with Gasteiger partial charge in [-0.25, -0.2) is 9.97 Å². The molecule has 0 fully saturated rings. The van der Waals surface area contributed by atoms with E-state index in [9.17, 15) is 5.11 Å². The molecule has 1 aromatic heterocycles. The topological polar surface area (TPSA) is 46.0 Å². The van der Waals surface area contributed by atoms with Gasteiger partial charge in [-0.3, -0.25) is 0 Å². The quantitative estimate of drug-likeness (QED) is 0.581. The zero-order chi connectivity index (χ0) is 15.6. The third-order valence-electron chi connectivity index (χ3n) is 3.49. The smallest absolute Gasteiger partial charge is 0.223 e. The Morgan fingerprint density at radius 2 is 1.32 bits per heavy atom. The number of hydrogen-bond acceptors (Lipinski definition) is 3. The van der Waals surface area contributed by atoms with Gasteiger partial charge in [0, 0.05) is 11.8 Å². The van der Waals surface area contributed by atoms with E-state index in [1.807, 2.05) is 60.7 Å². The molecule has 1 N–H and O–H groups in total. The van der Waals surface area contributed by atoms with Gasteiger partial charge in [0.1, 0.15) is 10.8 Å². The zero-order valence-corrected chi connectivity index (χ0v) is 13.0. The highest BCUT2D eigenvalue weighted by molar-refractivity contribution is 6.32. The lowest BCUT2D eigenvalue weighted by Crippen LogP contribution is -2.29. The van der Waals surface area contributed by atoms with E-state index < -0.39 is 5.60 Å². The molecule has 3 rings (SSSR count). The molecule has 0 atom stereocenters. The zero-order valence-electron chi connectivity index (χ0n) is 11.4. The molecule has 22 heavy (non-hydrogen) atoms. The molecule has 1 heterocycles. The first-order valence-electron chi connectivity index (χ1n) is 6.64. The van der Waals surface area contributed by atoms with Gasteiger partial charge in [0.25, 0.3) is 0 Å². The summed E-state index contributed by atoms with van der Waals surface area (Å²) in [6, 6.07) is 18.5. The van der Waals surface area contributed by atoms with E-state index in [1.54, 1.807) is 0 Å². The molecular formula is C17H12Cl2N2O. The van der Waals surface area contributed by atoms with Crippen molar-refractivity contribution in [2.24, 2.45) is 0 Å². The largest absolute Gasteiger partial charge is 0.376 e. The van der Waals surface area contributed by atoms with Gasteiger partial charge in [0.2, 0.25) is 5.28 Å². The van der Waals surface area contributed by atoms with Gasteiger partial charge in [-0.1, -0.05) is 72.3 Å². The second-order valence-electron chi connectivity index (χ2n) is 4.79. The van der Waals surface area contributed by atoms with E-state index in [0.717, 1.165) is 0 Å². The van der Waals surface area contributed by atoms with Crippen LogP contribution in [0.4, 0.5) is 0 Å². The molecule has 0 unspecified atom stereocenters. The van der Waals surface area contributed by atoms with E-state index in [-0.39, 0.29) is 10.4 Å². The van der Waals surface area contributed by atoms with Crippen LogP contribution in [0.2, 0.25) is 10.4 Å². The molecule has 0 aliphatic heterocycles. The van der Waals surface area contributed by atoms with Crippen molar-refractivity contribution in [1.82, 2.24) is 9.97 Å². The summed E-state index contributed by atoms with van der Waals surface area (Å²) in [5.41, 5.74) is 0.281. The van der Waals surface area contributed by atoms with Crippen molar-refractivity contribution in [3.63, 3.8) is 0 Å². The molecule has 3 nitrogen and oxygen atoms in total. The summed E-state index contributed by atoms with van der Waals surface area (Å²) in [6.45, 7) is 0. The molecule has 3 aromatic rings. The van der Waals surface area contributed by atoms with Crippen LogP contribution in [-0.4, -0.2) is 15.1 Å². The highest BCUT2D eigenvalue weighted by atomic mass is 35.5. The normalized spacial score (nSPS) is 11.4. The minimum Gasteiger partial charge on any atom is -0.376 e. The Bertz CT molecular complexity index is 740. The summed E-state index contributed by atoms with van der Waals surface area (Å²) < 4.78 is 0. The Hall–Kier alpha value is -1.94. The molecule has 0 spiro atoms. The van der Waals surface area contributed by atoms with Crippen molar-refractivity contribution in [2.45, 2.75) is 5.60 Å². The minimum atomic E-state index is -1.45. The Labute approximate surface area is 138 Å². The van der Waals surface area contributed by atoms with E-state index in [0.29, 0.717) is 16.7 Å². The Kier molecular flexibility index (Phi) is 4.12. The SMILES string of the molecule is OC(c1ccccc1)(c1ccccc1)c1cnc(Cl)nc1Cl. The molecule has 0 aliphatic carbocycles. The lowest BCUT2D eigenvalue weighted by molar-refractivity contribution is 0.125. The second-order valence-corrected chi connectivity index (χ2v) is 5.48. The van der Waals surface area contributed by atoms with Crippen LogP contribution < -0.4 is 0 Å². The van der Waals surface area contributed by atoms with E-state index in [2.05, 4.69) is 9.97 Å². The standard InChI is InChI=1S/C17H12Cl2N2O/c18-15-14(11-20-16(19)21-15)17(22,12-7-3-1-4-8-12)13-9-5-2-6-10-13/h1-11,22H. The van der Waals surface area contributed by atoms with Gasteiger partial charge >= 0.3 is 0 Å². The summed E-state index contributed by atoms with van der Waals surface area (Å²) >= 11 is 12.0. The maximum absolute atomic E-state index is 11.5. The van der Waals surface area contributed by atoms with Gasteiger partial charge in [0.15, 0.2) is 0 Å². The van der Waals surface area contributed by atoms with Crippen LogP contribution >= 0.6 is 23.2 Å². The highest BCUT2D eigenvalue weighted by Crippen LogP contribution is 2.39. The van der Waals surface area contributed by atoms with Crippen molar-refractivity contribution in [1.29, 1.82) is 0 Å². The Balaban J connectivity index is 2.28. The van der Waals surface area contributed by atoms with Gasteiger partial charge in [-0.2, -0.15) is 0 Å². The second kappa shape index (κ2) is 6.05. The molecule has 110 valence electrons. The summed E-state index contributed by atoms with van der Waals surface area (Å²) in [5, 5.41) is 11.6. The number of halogens is 2. The van der Waals surface area contributed by atoms with Crippen LogP contribution in [0.15, 0.2) is 66.9 Å². The van der Waals surface area contributed by atoms with Crippen LogP contribution in [0.25, 0.3) is 0 Å². The fourth-order valence-corrected chi connectivity index (χ4v) is 2.86. The molecule has 0 saturated heterocycles. The molecule has 0 radical (unpaired) electrons. The molecule has 0 saturated carbocycles. The highest BCUT2D eigenvalue weighted by Gasteiger charge is 2.36. The van der Waals surface area contributed by atoms with Crippen LogP contribution in [0, 0.1) is 0 Å². The number of aliphatic hydroxyl groups is 1. The number of rotatable bonds is 3. The van der Waals surface area contributed by atoms with E-state index >= 15 is 0 Å². The van der Waals surface area contributed by atoms with Crippen LogP contribution in [0.5, 0.6) is 0 Å². The summed E-state index contributed by atoms with van der Waals surface area (Å²) in [5.74, 6) is 0. The number of benzene rings is 2. The van der Waals surface area contributed by atoms with Crippen molar-refractivity contribution >= 4 is 23.2 Å². The fourth-order valence-electron chi connectivity index (χ4n) is 2.42. The van der Waals surface area contributed by atoms with Crippen LogP contribution in [0.1, 0.15) is 16.7 Å².